The second-order valence-electron chi connectivity index (χ2n) is 3.71. The molecule has 0 radical (unpaired) electrons. The Kier molecular flexibility index (Phi) is 1.98. The summed E-state index contributed by atoms with van der Waals surface area (Å²) in [5.74, 6) is -0.350. The van der Waals surface area contributed by atoms with Gasteiger partial charge in [0, 0.05) is 15.6 Å². The molecule has 0 saturated heterocycles. The average molecular weight is 277 g/mol. The molecule has 0 atom stereocenters. The predicted octanol–water partition coefficient (Wildman–Crippen LogP) is 3.80. The molecule has 0 unspecified atom stereocenters. The summed E-state index contributed by atoms with van der Waals surface area (Å²) in [4.78, 5) is 12.0. The molecule has 0 aliphatic heterocycles. The van der Waals surface area contributed by atoms with Crippen LogP contribution in [0.4, 0.5) is 4.39 Å². The third-order valence-electron chi connectivity index (χ3n) is 2.74. The Bertz CT molecular complexity index is 566. The molecule has 16 heavy (non-hydrogen) atoms. The van der Waals surface area contributed by atoms with Crippen LogP contribution in [0.5, 0.6) is 0 Å². The number of halogens is 2. The van der Waals surface area contributed by atoms with Crippen LogP contribution in [0.15, 0.2) is 40.9 Å². The van der Waals surface area contributed by atoms with Crippen LogP contribution in [0.3, 0.4) is 0 Å². The highest BCUT2D eigenvalue weighted by Crippen LogP contribution is 2.38. The van der Waals surface area contributed by atoms with E-state index in [1.807, 2.05) is 12.1 Å². The Morgan fingerprint density at radius 3 is 2.25 bits per heavy atom. The van der Waals surface area contributed by atoms with Gasteiger partial charge in [0.1, 0.15) is 5.82 Å². The van der Waals surface area contributed by atoms with Crippen LogP contribution in [0.1, 0.15) is 15.9 Å². The molecule has 0 N–H and O–H groups in total. The molecule has 78 valence electrons. The highest BCUT2D eigenvalue weighted by atomic mass is 79.9. The Balaban J connectivity index is 2.37. The molecule has 0 spiro atoms. The minimum absolute atomic E-state index is 0.0301. The van der Waals surface area contributed by atoms with Crippen LogP contribution in [0.2, 0.25) is 0 Å². The van der Waals surface area contributed by atoms with Gasteiger partial charge >= 0.3 is 0 Å². The minimum Gasteiger partial charge on any atom is -0.289 e. The van der Waals surface area contributed by atoms with Gasteiger partial charge in [-0.25, -0.2) is 4.39 Å². The van der Waals surface area contributed by atoms with E-state index in [1.165, 1.54) is 12.1 Å². The van der Waals surface area contributed by atoms with Crippen LogP contribution in [0, 0.1) is 5.82 Å². The highest BCUT2D eigenvalue weighted by molar-refractivity contribution is 9.10. The number of hydrogen-bond acceptors (Lipinski definition) is 1. The molecule has 2 aromatic carbocycles. The van der Waals surface area contributed by atoms with Crippen LogP contribution in [-0.4, -0.2) is 5.78 Å². The molecular weight excluding hydrogens is 271 g/mol. The van der Waals surface area contributed by atoms with Crippen molar-refractivity contribution in [3.05, 3.63) is 57.8 Å². The third kappa shape index (κ3) is 1.25. The van der Waals surface area contributed by atoms with Crippen molar-refractivity contribution in [3.8, 4) is 11.1 Å². The number of hydrogen-bond donors (Lipinski definition) is 0. The summed E-state index contributed by atoms with van der Waals surface area (Å²) >= 11 is 3.35. The van der Waals surface area contributed by atoms with Gasteiger partial charge in [-0.05, 0) is 47.5 Å². The van der Waals surface area contributed by atoms with Crippen molar-refractivity contribution in [2.75, 3.05) is 0 Å². The maximum atomic E-state index is 13.2. The van der Waals surface area contributed by atoms with Crippen LogP contribution in [0.25, 0.3) is 11.1 Å². The van der Waals surface area contributed by atoms with Gasteiger partial charge in [0.2, 0.25) is 0 Å². The number of ketones is 1. The Labute approximate surface area is 100 Å². The fourth-order valence-electron chi connectivity index (χ4n) is 2.02. The smallest absolute Gasteiger partial charge is 0.194 e. The lowest BCUT2D eigenvalue weighted by atomic mass is 10.1. The van der Waals surface area contributed by atoms with Gasteiger partial charge in [0.15, 0.2) is 5.78 Å². The number of fused-ring (bicyclic) bond motifs is 3. The zero-order chi connectivity index (χ0) is 11.3. The number of carbonyl (C=O) groups is 1. The topological polar surface area (TPSA) is 17.1 Å². The maximum absolute atomic E-state index is 13.2. The van der Waals surface area contributed by atoms with E-state index in [-0.39, 0.29) is 11.6 Å². The largest absolute Gasteiger partial charge is 0.289 e. The maximum Gasteiger partial charge on any atom is 0.194 e. The van der Waals surface area contributed by atoms with E-state index in [0.717, 1.165) is 10.0 Å². The first kappa shape index (κ1) is 9.73. The van der Waals surface area contributed by atoms with E-state index >= 15 is 0 Å². The van der Waals surface area contributed by atoms with Crippen molar-refractivity contribution < 1.29 is 9.18 Å². The fourth-order valence-corrected chi connectivity index (χ4v) is 2.38. The monoisotopic (exact) mass is 276 g/mol. The van der Waals surface area contributed by atoms with Gasteiger partial charge in [0.05, 0.1) is 0 Å². The molecule has 0 saturated carbocycles. The average Bonchev–Trinajstić information content (AvgIpc) is 2.52. The van der Waals surface area contributed by atoms with Gasteiger partial charge in [-0.1, -0.05) is 15.9 Å². The molecule has 2 aromatic rings. The van der Waals surface area contributed by atoms with E-state index in [2.05, 4.69) is 15.9 Å². The predicted molar refractivity (Wildman–Crippen MR) is 63.0 cm³/mol. The van der Waals surface area contributed by atoms with Crippen molar-refractivity contribution in [1.29, 1.82) is 0 Å². The molecule has 0 heterocycles. The quantitative estimate of drug-likeness (QED) is 0.610. The van der Waals surface area contributed by atoms with Crippen molar-refractivity contribution in [2.24, 2.45) is 0 Å². The van der Waals surface area contributed by atoms with E-state index in [4.69, 9.17) is 0 Å². The van der Waals surface area contributed by atoms with E-state index < -0.39 is 0 Å². The summed E-state index contributed by atoms with van der Waals surface area (Å²) in [5.41, 5.74) is 2.70. The summed E-state index contributed by atoms with van der Waals surface area (Å²) in [7, 11) is 0. The van der Waals surface area contributed by atoms with Crippen LogP contribution < -0.4 is 0 Å². The number of benzene rings is 2. The van der Waals surface area contributed by atoms with Crippen molar-refractivity contribution >= 4 is 21.7 Å². The lowest BCUT2D eigenvalue weighted by Crippen LogP contribution is -1.94. The molecule has 3 rings (SSSR count). The molecule has 1 aliphatic rings. The second-order valence-corrected chi connectivity index (χ2v) is 4.62. The first-order chi connectivity index (χ1) is 7.66. The zero-order valence-corrected chi connectivity index (χ0v) is 9.71. The summed E-state index contributed by atoms with van der Waals surface area (Å²) in [6.07, 6.45) is 0. The van der Waals surface area contributed by atoms with Gasteiger partial charge < -0.3 is 0 Å². The molecule has 1 nitrogen and oxygen atoms in total. The van der Waals surface area contributed by atoms with Crippen molar-refractivity contribution in [2.45, 2.75) is 0 Å². The molecule has 0 amide bonds. The van der Waals surface area contributed by atoms with E-state index in [0.29, 0.717) is 16.7 Å². The fraction of sp³-hybridized carbons (Fsp3) is 0. The zero-order valence-electron chi connectivity index (χ0n) is 8.13. The number of carbonyl (C=O) groups excluding carboxylic acids is 1. The Morgan fingerprint density at radius 1 is 0.875 bits per heavy atom. The second kappa shape index (κ2) is 3.25. The first-order valence-corrected chi connectivity index (χ1v) is 5.60. The lowest BCUT2D eigenvalue weighted by molar-refractivity contribution is 0.104. The summed E-state index contributed by atoms with van der Waals surface area (Å²) in [5, 5.41) is 0. The highest BCUT2D eigenvalue weighted by Gasteiger charge is 2.26. The van der Waals surface area contributed by atoms with Crippen LogP contribution in [-0.2, 0) is 0 Å². The standard InChI is InChI=1S/C13H6BrFO/c14-7-1-3-9-11(5-7)12-6-8(15)2-4-10(12)13(9)16/h1-6H. The van der Waals surface area contributed by atoms with Gasteiger partial charge in [0.25, 0.3) is 0 Å². The Morgan fingerprint density at radius 2 is 1.50 bits per heavy atom. The van der Waals surface area contributed by atoms with E-state index in [1.54, 1.807) is 12.1 Å². The third-order valence-corrected chi connectivity index (χ3v) is 3.24. The van der Waals surface area contributed by atoms with Gasteiger partial charge in [-0.3, -0.25) is 4.79 Å². The molecule has 0 aromatic heterocycles. The molecule has 1 aliphatic carbocycles. The molecule has 3 heteroatoms. The van der Waals surface area contributed by atoms with Crippen molar-refractivity contribution in [3.63, 3.8) is 0 Å². The summed E-state index contributed by atoms with van der Waals surface area (Å²) in [6.45, 7) is 0. The van der Waals surface area contributed by atoms with Gasteiger partial charge in [-0.15, -0.1) is 0 Å². The minimum atomic E-state index is -0.320. The normalized spacial score (nSPS) is 12.5. The molecule has 0 fully saturated rings. The lowest BCUT2D eigenvalue weighted by Gasteiger charge is -2.00. The summed E-state index contributed by atoms with van der Waals surface area (Å²) in [6, 6.07) is 9.70. The van der Waals surface area contributed by atoms with Crippen LogP contribution >= 0.6 is 15.9 Å². The van der Waals surface area contributed by atoms with Gasteiger partial charge in [-0.2, -0.15) is 0 Å². The van der Waals surface area contributed by atoms with Crippen molar-refractivity contribution in [1.82, 2.24) is 0 Å². The molecule has 0 bridgehead atoms. The SMILES string of the molecule is O=C1c2ccc(F)cc2-c2cc(Br)ccc21. The number of rotatable bonds is 0. The Hall–Kier alpha value is -1.48. The first-order valence-electron chi connectivity index (χ1n) is 4.81. The molecular formula is C13H6BrFO. The van der Waals surface area contributed by atoms with E-state index in [9.17, 15) is 9.18 Å². The summed E-state index contributed by atoms with van der Waals surface area (Å²) < 4.78 is 14.0.